The first-order valence-corrected chi connectivity index (χ1v) is 7.86. The van der Waals surface area contributed by atoms with E-state index in [1.54, 1.807) is 0 Å². The van der Waals surface area contributed by atoms with Gasteiger partial charge in [0.15, 0.2) is 0 Å². The van der Waals surface area contributed by atoms with Crippen LogP contribution in [0.5, 0.6) is 0 Å². The molecule has 0 spiro atoms. The van der Waals surface area contributed by atoms with Gasteiger partial charge in [-0.15, -0.1) is 0 Å². The Kier molecular flexibility index (Phi) is 4.72. The zero-order valence-corrected chi connectivity index (χ0v) is 12.3. The maximum atomic E-state index is 13.8. The summed E-state index contributed by atoms with van der Waals surface area (Å²) in [5, 5.41) is 8.91. The third kappa shape index (κ3) is 3.66. The normalized spacial score (nSPS) is 11.6. The molecule has 0 heterocycles. The number of hydrogen-bond acceptors (Lipinski definition) is 3. The Morgan fingerprint density at radius 2 is 1.90 bits per heavy atom. The number of rotatable bonds is 5. The highest BCUT2D eigenvalue weighted by Crippen LogP contribution is 2.17. The summed E-state index contributed by atoms with van der Waals surface area (Å²) in [6.07, 6.45) is 0. The average Bonchev–Trinajstić information content (AvgIpc) is 2.46. The van der Waals surface area contributed by atoms with Gasteiger partial charge in [0.25, 0.3) is 0 Å². The first-order valence-electron chi connectivity index (χ1n) is 6.37. The molecule has 0 saturated heterocycles. The van der Waals surface area contributed by atoms with Crippen LogP contribution in [0.4, 0.5) is 4.39 Å². The lowest BCUT2D eigenvalue weighted by Gasteiger charge is -2.10. The highest BCUT2D eigenvalue weighted by molar-refractivity contribution is 7.89. The van der Waals surface area contributed by atoms with E-state index in [1.807, 2.05) is 31.2 Å². The zero-order valence-electron chi connectivity index (χ0n) is 11.5. The molecule has 0 aliphatic rings. The number of nitrogens with one attached hydrogen (secondary N) is 1. The van der Waals surface area contributed by atoms with E-state index in [0.717, 1.165) is 23.3 Å². The van der Waals surface area contributed by atoms with E-state index in [-0.39, 0.29) is 13.2 Å². The molecular weight excluding hydrogens is 293 g/mol. The first kappa shape index (κ1) is 15.6. The van der Waals surface area contributed by atoms with Crippen molar-refractivity contribution in [3.05, 3.63) is 65.0 Å². The smallest absolute Gasteiger partial charge is 0.243 e. The van der Waals surface area contributed by atoms with Gasteiger partial charge in [-0.25, -0.2) is 17.5 Å². The summed E-state index contributed by atoms with van der Waals surface area (Å²) >= 11 is 0. The van der Waals surface area contributed by atoms with Crippen LogP contribution in [0.25, 0.3) is 0 Å². The van der Waals surface area contributed by atoms with E-state index in [0.29, 0.717) is 5.56 Å². The standard InChI is InChI=1S/C15H16FNO3S/c1-11-4-2-3-5-13(11)9-17-21(19,20)15-7-6-12(10-18)8-14(15)16/h2-8,17-18H,9-10H2,1H3. The lowest BCUT2D eigenvalue weighted by Crippen LogP contribution is -2.24. The minimum absolute atomic E-state index is 0.0935. The predicted molar refractivity (Wildman–Crippen MR) is 77.5 cm³/mol. The number of sulfonamides is 1. The Balaban J connectivity index is 2.21. The van der Waals surface area contributed by atoms with Crippen molar-refractivity contribution in [2.45, 2.75) is 25.0 Å². The fourth-order valence-corrected chi connectivity index (χ4v) is 2.98. The van der Waals surface area contributed by atoms with Crippen LogP contribution >= 0.6 is 0 Å². The number of halogens is 1. The lowest BCUT2D eigenvalue weighted by molar-refractivity contribution is 0.281. The summed E-state index contributed by atoms with van der Waals surface area (Å²) in [4.78, 5) is -0.423. The van der Waals surface area contributed by atoms with E-state index >= 15 is 0 Å². The molecule has 0 bridgehead atoms. The van der Waals surface area contributed by atoms with E-state index in [1.165, 1.54) is 6.07 Å². The molecule has 2 N–H and O–H groups in total. The molecular formula is C15H16FNO3S. The van der Waals surface area contributed by atoms with Gasteiger partial charge in [0.05, 0.1) is 6.61 Å². The molecule has 0 aliphatic heterocycles. The van der Waals surface area contributed by atoms with Crippen LogP contribution in [-0.2, 0) is 23.2 Å². The van der Waals surface area contributed by atoms with E-state index < -0.39 is 20.7 Å². The molecule has 0 aromatic heterocycles. The molecule has 4 nitrogen and oxygen atoms in total. The van der Waals surface area contributed by atoms with Crippen LogP contribution in [-0.4, -0.2) is 13.5 Å². The van der Waals surface area contributed by atoms with Crippen molar-refractivity contribution in [1.29, 1.82) is 0 Å². The highest BCUT2D eigenvalue weighted by Gasteiger charge is 2.19. The van der Waals surface area contributed by atoms with Crippen molar-refractivity contribution in [2.24, 2.45) is 0 Å². The Morgan fingerprint density at radius 3 is 2.52 bits per heavy atom. The van der Waals surface area contributed by atoms with E-state index in [9.17, 15) is 12.8 Å². The Labute approximate surface area is 123 Å². The van der Waals surface area contributed by atoms with Crippen molar-refractivity contribution < 1.29 is 17.9 Å². The van der Waals surface area contributed by atoms with E-state index in [4.69, 9.17) is 5.11 Å². The summed E-state index contributed by atoms with van der Waals surface area (Å²) in [5.74, 6) is -0.876. The summed E-state index contributed by atoms with van der Waals surface area (Å²) in [6, 6.07) is 10.9. The number of aliphatic hydroxyl groups is 1. The van der Waals surface area contributed by atoms with Crippen molar-refractivity contribution in [2.75, 3.05) is 0 Å². The van der Waals surface area contributed by atoms with Gasteiger partial charge in [-0.3, -0.25) is 0 Å². The van der Waals surface area contributed by atoms with Crippen molar-refractivity contribution in [3.8, 4) is 0 Å². The SMILES string of the molecule is Cc1ccccc1CNS(=O)(=O)c1ccc(CO)cc1F. The van der Waals surface area contributed by atoms with Crippen LogP contribution < -0.4 is 4.72 Å². The third-order valence-corrected chi connectivity index (χ3v) is 4.62. The largest absolute Gasteiger partial charge is 0.392 e. The predicted octanol–water partition coefficient (Wildman–Crippen LogP) is 2.10. The van der Waals surface area contributed by atoms with Gasteiger partial charge in [-0.2, -0.15) is 0 Å². The van der Waals surface area contributed by atoms with Crippen LogP contribution in [0.1, 0.15) is 16.7 Å². The van der Waals surface area contributed by atoms with Crippen molar-refractivity contribution in [1.82, 2.24) is 4.72 Å². The summed E-state index contributed by atoms with van der Waals surface area (Å²) in [7, 11) is -3.94. The monoisotopic (exact) mass is 309 g/mol. The molecule has 0 amide bonds. The molecule has 112 valence electrons. The van der Waals surface area contributed by atoms with Gasteiger partial charge in [0.2, 0.25) is 10.0 Å². The molecule has 0 saturated carbocycles. The number of aryl methyl sites for hydroxylation is 1. The minimum Gasteiger partial charge on any atom is -0.392 e. The maximum absolute atomic E-state index is 13.8. The Bertz CT molecular complexity index is 744. The Morgan fingerprint density at radius 1 is 1.19 bits per heavy atom. The summed E-state index contributed by atoms with van der Waals surface area (Å²) < 4.78 is 40.4. The van der Waals surface area contributed by atoms with Crippen LogP contribution in [0.15, 0.2) is 47.4 Å². The molecule has 2 aromatic carbocycles. The molecule has 0 radical (unpaired) electrons. The Hall–Kier alpha value is -1.76. The molecule has 0 aliphatic carbocycles. The van der Waals surface area contributed by atoms with Gasteiger partial charge >= 0.3 is 0 Å². The van der Waals surface area contributed by atoms with Gasteiger partial charge in [0.1, 0.15) is 10.7 Å². The minimum atomic E-state index is -3.94. The van der Waals surface area contributed by atoms with Crippen molar-refractivity contribution >= 4 is 10.0 Å². The fourth-order valence-electron chi connectivity index (χ4n) is 1.92. The second-order valence-electron chi connectivity index (χ2n) is 4.67. The molecule has 21 heavy (non-hydrogen) atoms. The second-order valence-corrected chi connectivity index (χ2v) is 6.41. The number of benzene rings is 2. The topological polar surface area (TPSA) is 66.4 Å². The van der Waals surface area contributed by atoms with Gasteiger partial charge in [-0.05, 0) is 35.7 Å². The molecule has 0 unspecified atom stereocenters. The second kappa shape index (κ2) is 6.34. The van der Waals surface area contributed by atoms with Crippen LogP contribution in [0, 0.1) is 12.7 Å². The first-order chi connectivity index (χ1) is 9.94. The van der Waals surface area contributed by atoms with Crippen molar-refractivity contribution in [3.63, 3.8) is 0 Å². The molecule has 0 atom stereocenters. The highest BCUT2D eigenvalue weighted by atomic mass is 32.2. The average molecular weight is 309 g/mol. The molecule has 2 rings (SSSR count). The molecule has 6 heteroatoms. The number of aliphatic hydroxyl groups excluding tert-OH is 1. The van der Waals surface area contributed by atoms with Gasteiger partial charge < -0.3 is 5.11 Å². The lowest BCUT2D eigenvalue weighted by atomic mass is 10.1. The summed E-state index contributed by atoms with van der Waals surface area (Å²) in [5.41, 5.74) is 2.11. The third-order valence-electron chi connectivity index (χ3n) is 3.18. The molecule has 0 fully saturated rings. The zero-order chi connectivity index (χ0) is 15.5. The number of hydrogen-bond donors (Lipinski definition) is 2. The maximum Gasteiger partial charge on any atom is 0.243 e. The summed E-state index contributed by atoms with van der Waals surface area (Å²) in [6.45, 7) is 1.63. The molecule has 2 aromatic rings. The quantitative estimate of drug-likeness (QED) is 0.889. The van der Waals surface area contributed by atoms with Gasteiger partial charge in [-0.1, -0.05) is 30.3 Å². The van der Waals surface area contributed by atoms with Gasteiger partial charge in [0, 0.05) is 6.54 Å². The van der Waals surface area contributed by atoms with Crippen LogP contribution in [0.2, 0.25) is 0 Å². The van der Waals surface area contributed by atoms with Crippen LogP contribution in [0.3, 0.4) is 0 Å². The van der Waals surface area contributed by atoms with E-state index in [2.05, 4.69) is 4.72 Å². The fraction of sp³-hybridized carbons (Fsp3) is 0.200.